The van der Waals surface area contributed by atoms with Gasteiger partial charge in [0.05, 0.1) is 17.3 Å². The zero-order chi connectivity index (χ0) is 12.4. The number of benzene rings is 1. The third-order valence-corrected chi connectivity index (χ3v) is 3.90. The lowest BCUT2D eigenvalue weighted by Crippen LogP contribution is -2.24. The van der Waals surface area contributed by atoms with E-state index < -0.39 is 0 Å². The van der Waals surface area contributed by atoms with Crippen LogP contribution in [0, 0.1) is 29.0 Å². The Hall–Kier alpha value is -1.56. The van der Waals surface area contributed by atoms with Gasteiger partial charge in [-0.05, 0) is 42.9 Å². The van der Waals surface area contributed by atoms with Crippen LogP contribution in [0.3, 0.4) is 0 Å². The van der Waals surface area contributed by atoms with Crippen molar-refractivity contribution in [1.29, 1.82) is 5.26 Å². The first-order chi connectivity index (χ1) is 8.11. The van der Waals surface area contributed by atoms with Gasteiger partial charge in [-0.15, -0.1) is 0 Å². The number of nitrogens with one attached hydrogen (secondary N) is 1. The molecule has 17 heavy (non-hydrogen) atoms. The molecule has 90 valence electrons. The molecule has 0 heterocycles. The summed E-state index contributed by atoms with van der Waals surface area (Å²) in [5.41, 5.74) is 0.871. The van der Waals surface area contributed by atoms with E-state index in [9.17, 15) is 4.39 Å². The van der Waals surface area contributed by atoms with Crippen molar-refractivity contribution in [1.82, 2.24) is 0 Å². The van der Waals surface area contributed by atoms with Gasteiger partial charge in [0.25, 0.3) is 0 Å². The van der Waals surface area contributed by atoms with Crippen molar-refractivity contribution in [2.75, 3.05) is 5.32 Å². The summed E-state index contributed by atoms with van der Waals surface area (Å²) < 4.78 is 13.7. The fourth-order valence-electron chi connectivity index (χ4n) is 2.47. The average Bonchev–Trinajstić information content (AvgIpc) is 2.63. The number of rotatable bonds is 2. The zero-order valence-electron chi connectivity index (χ0n) is 10.2. The van der Waals surface area contributed by atoms with Crippen LogP contribution in [0.5, 0.6) is 0 Å². The van der Waals surface area contributed by atoms with Crippen LogP contribution in [-0.4, -0.2) is 6.04 Å². The molecule has 1 aromatic carbocycles. The summed E-state index contributed by atoms with van der Waals surface area (Å²) in [6.07, 6.45) is 2.28. The van der Waals surface area contributed by atoms with Crippen molar-refractivity contribution >= 4 is 5.69 Å². The highest BCUT2D eigenvalue weighted by atomic mass is 19.1. The number of hydrogen-bond acceptors (Lipinski definition) is 2. The van der Waals surface area contributed by atoms with Gasteiger partial charge in [-0.2, -0.15) is 5.26 Å². The lowest BCUT2D eigenvalue weighted by molar-refractivity contribution is 0.434. The molecular weight excluding hydrogens is 215 g/mol. The Morgan fingerprint density at radius 3 is 2.65 bits per heavy atom. The van der Waals surface area contributed by atoms with Gasteiger partial charge < -0.3 is 5.32 Å². The van der Waals surface area contributed by atoms with Gasteiger partial charge >= 0.3 is 0 Å². The van der Waals surface area contributed by atoms with Gasteiger partial charge in [-0.3, -0.25) is 0 Å². The summed E-state index contributed by atoms with van der Waals surface area (Å²) in [7, 11) is 0. The van der Waals surface area contributed by atoms with E-state index >= 15 is 0 Å². The van der Waals surface area contributed by atoms with Crippen molar-refractivity contribution in [2.45, 2.75) is 32.7 Å². The summed E-state index contributed by atoms with van der Waals surface area (Å²) in [6.45, 7) is 4.44. The second kappa shape index (κ2) is 4.75. The van der Waals surface area contributed by atoms with Gasteiger partial charge in [0, 0.05) is 6.04 Å². The van der Waals surface area contributed by atoms with E-state index in [0.29, 0.717) is 29.1 Å². The van der Waals surface area contributed by atoms with Gasteiger partial charge in [0.1, 0.15) is 5.82 Å². The lowest BCUT2D eigenvalue weighted by Gasteiger charge is -2.21. The Morgan fingerprint density at radius 2 is 2.12 bits per heavy atom. The number of halogens is 1. The summed E-state index contributed by atoms with van der Waals surface area (Å²) in [5.74, 6) is 0.912. The van der Waals surface area contributed by atoms with E-state index in [1.807, 2.05) is 6.07 Å². The monoisotopic (exact) mass is 232 g/mol. The van der Waals surface area contributed by atoms with Crippen LogP contribution in [-0.2, 0) is 0 Å². The predicted molar refractivity (Wildman–Crippen MR) is 66.1 cm³/mol. The minimum atomic E-state index is -0.337. The summed E-state index contributed by atoms with van der Waals surface area (Å²) in [6, 6.07) is 6.86. The summed E-state index contributed by atoms with van der Waals surface area (Å²) in [4.78, 5) is 0. The fourth-order valence-corrected chi connectivity index (χ4v) is 2.47. The molecule has 1 aliphatic carbocycles. The highest BCUT2D eigenvalue weighted by Gasteiger charge is 2.29. The van der Waals surface area contributed by atoms with Crippen LogP contribution >= 0.6 is 0 Å². The molecule has 1 fully saturated rings. The first-order valence-electron chi connectivity index (χ1n) is 6.08. The van der Waals surface area contributed by atoms with Gasteiger partial charge in [-0.1, -0.05) is 13.8 Å². The molecule has 0 saturated heterocycles. The van der Waals surface area contributed by atoms with E-state index in [0.717, 1.165) is 6.42 Å². The molecule has 1 aromatic rings. The topological polar surface area (TPSA) is 35.8 Å². The Kier molecular flexibility index (Phi) is 3.33. The molecule has 0 spiro atoms. The number of nitrogens with zero attached hydrogens (tertiary/aromatic N) is 1. The fraction of sp³-hybridized carbons (Fsp3) is 0.500. The third-order valence-electron chi connectivity index (χ3n) is 3.90. The van der Waals surface area contributed by atoms with E-state index in [4.69, 9.17) is 5.26 Å². The molecule has 3 unspecified atom stereocenters. The van der Waals surface area contributed by atoms with Gasteiger partial charge in [0.15, 0.2) is 0 Å². The van der Waals surface area contributed by atoms with Crippen molar-refractivity contribution in [3.05, 3.63) is 29.6 Å². The van der Waals surface area contributed by atoms with Gasteiger partial charge in [-0.25, -0.2) is 4.39 Å². The van der Waals surface area contributed by atoms with Crippen LogP contribution in [0.25, 0.3) is 0 Å². The molecule has 3 atom stereocenters. The predicted octanol–water partition coefficient (Wildman–Crippen LogP) is 3.54. The summed E-state index contributed by atoms with van der Waals surface area (Å²) in [5, 5.41) is 11.9. The average molecular weight is 232 g/mol. The first kappa shape index (κ1) is 11.9. The molecule has 1 N–H and O–H groups in total. The van der Waals surface area contributed by atoms with Crippen LogP contribution in [0.4, 0.5) is 10.1 Å². The van der Waals surface area contributed by atoms with E-state index in [2.05, 4.69) is 19.2 Å². The minimum absolute atomic E-state index is 0.337. The Morgan fingerprint density at radius 1 is 1.35 bits per heavy atom. The molecule has 2 nitrogen and oxygen atoms in total. The molecule has 0 radical (unpaired) electrons. The van der Waals surface area contributed by atoms with Crippen molar-refractivity contribution in [3.63, 3.8) is 0 Å². The normalized spacial score (nSPS) is 27.8. The highest BCUT2D eigenvalue weighted by Crippen LogP contribution is 2.33. The Bertz CT molecular complexity index is 450. The summed E-state index contributed by atoms with van der Waals surface area (Å²) >= 11 is 0. The maximum absolute atomic E-state index is 13.7. The second-order valence-corrected chi connectivity index (χ2v) is 4.97. The molecule has 1 aliphatic rings. The Labute approximate surface area is 101 Å². The van der Waals surface area contributed by atoms with Crippen LogP contribution in [0.15, 0.2) is 18.2 Å². The van der Waals surface area contributed by atoms with E-state index in [1.54, 1.807) is 12.1 Å². The lowest BCUT2D eigenvalue weighted by atomic mass is 9.97. The van der Waals surface area contributed by atoms with Crippen molar-refractivity contribution < 1.29 is 4.39 Å². The molecule has 0 amide bonds. The molecule has 3 heteroatoms. The SMILES string of the molecule is CC1CCC(Nc2ccc(C#N)cc2F)C1C. The maximum atomic E-state index is 13.7. The smallest absolute Gasteiger partial charge is 0.147 e. The van der Waals surface area contributed by atoms with Gasteiger partial charge in [0.2, 0.25) is 0 Å². The molecule has 0 bridgehead atoms. The van der Waals surface area contributed by atoms with Crippen molar-refractivity contribution in [3.8, 4) is 6.07 Å². The standard InChI is InChI=1S/C14H17FN2/c1-9-3-5-13(10(9)2)17-14-6-4-11(8-16)7-12(14)15/h4,6-7,9-10,13,17H,3,5H2,1-2H3. The maximum Gasteiger partial charge on any atom is 0.147 e. The van der Waals surface area contributed by atoms with Crippen LogP contribution in [0.2, 0.25) is 0 Å². The largest absolute Gasteiger partial charge is 0.380 e. The Balaban J connectivity index is 2.12. The second-order valence-electron chi connectivity index (χ2n) is 4.97. The van der Waals surface area contributed by atoms with E-state index in [-0.39, 0.29) is 5.82 Å². The highest BCUT2D eigenvalue weighted by molar-refractivity contribution is 5.49. The number of nitriles is 1. The molecular formula is C14H17FN2. The van der Waals surface area contributed by atoms with Crippen LogP contribution in [0.1, 0.15) is 32.3 Å². The molecule has 0 aliphatic heterocycles. The number of anilines is 1. The van der Waals surface area contributed by atoms with E-state index in [1.165, 1.54) is 12.5 Å². The first-order valence-corrected chi connectivity index (χ1v) is 6.08. The van der Waals surface area contributed by atoms with Crippen LogP contribution < -0.4 is 5.32 Å². The molecule has 1 saturated carbocycles. The minimum Gasteiger partial charge on any atom is -0.380 e. The third kappa shape index (κ3) is 2.41. The van der Waals surface area contributed by atoms with Crippen molar-refractivity contribution in [2.24, 2.45) is 11.8 Å². The molecule has 2 rings (SSSR count). The molecule has 0 aromatic heterocycles. The quantitative estimate of drug-likeness (QED) is 0.846. The zero-order valence-corrected chi connectivity index (χ0v) is 10.2. The number of hydrogen-bond donors (Lipinski definition) is 1.